The number of ether oxygens (including phenoxy) is 1. The molecule has 3 fully saturated rings. The Morgan fingerprint density at radius 3 is 2.79 bits per heavy atom. The first-order valence-electron chi connectivity index (χ1n) is 9.36. The van der Waals surface area contributed by atoms with Gasteiger partial charge in [-0.05, 0) is 56.9 Å². The molecule has 4 bridgehead atoms. The highest BCUT2D eigenvalue weighted by Gasteiger charge is 2.68. The fourth-order valence-electron chi connectivity index (χ4n) is 6.27. The zero-order valence-electron chi connectivity index (χ0n) is 15.0. The minimum Gasteiger partial charge on any atom is -0.472 e. The van der Waals surface area contributed by atoms with Crippen LogP contribution in [0.4, 0.5) is 0 Å². The summed E-state index contributed by atoms with van der Waals surface area (Å²) in [7, 11) is 0. The summed E-state index contributed by atoms with van der Waals surface area (Å²) in [6, 6.07) is 1.85. The van der Waals surface area contributed by atoms with Crippen molar-refractivity contribution in [2.24, 2.45) is 22.7 Å². The summed E-state index contributed by atoms with van der Waals surface area (Å²) in [4.78, 5) is 0. The van der Waals surface area contributed by atoms with Gasteiger partial charge in [-0.25, -0.2) is 0 Å². The molecule has 0 spiro atoms. The van der Waals surface area contributed by atoms with E-state index in [0.717, 1.165) is 31.2 Å². The molecule has 2 N–H and O–H groups in total. The predicted molar refractivity (Wildman–Crippen MR) is 90.3 cm³/mol. The zero-order chi connectivity index (χ0) is 17.2. The van der Waals surface area contributed by atoms with Crippen molar-refractivity contribution >= 4 is 0 Å². The molecule has 2 heterocycles. The van der Waals surface area contributed by atoms with Crippen molar-refractivity contribution in [3.05, 3.63) is 24.2 Å². The molecule has 4 heteroatoms. The normalized spacial score (nSPS) is 49.0. The Morgan fingerprint density at radius 2 is 2.08 bits per heavy atom. The molecule has 2 saturated carbocycles. The van der Waals surface area contributed by atoms with Crippen molar-refractivity contribution in [1.29, 1.82) is 0 Å². The van der Waals surface area contributed by atoms with Crippen molar-refractivity contribution in [2.45, 2.75) is 70.7 Å². The molecule has 0 aromatic carbocycles. The van der Waals surface area contributed by atoms with Crippen LogP contribution in [-0.2, 0) is 4.74 Å². The smallest absolute Gasteiger partial charge is 0.0968 e. The third kappa shape index (κ3) is 1.96. The molecular weight excluding hydrogens is 304 g/mol. The summed E-state index contributed by atoms with van der Waals surface area (Å²) < 4.78 is 11.6. The van der Waals surface area contributed by atoms with E-state index in [1.807, 2.05) is 6.07 Å². The lowest BCUT2D eigenvalue weighted by atomic mass is 9.41. The van der Waals surface area contributed by atoms with Gasteiger partial charge in [0.05, 0.1) is 36.9 Å². The number of furan rings is 1. The van der Waals surface area contributed by atoms with E-state index in [1.54, 1.807) is 12.5 Å². The molecule has 1 aromatic rings. The first-order chi connectivity index (χ1) is 11.3. The molecule has 7 atom stereocenters. The van der Waals surface area contributed by atoms with E-state index in [1.165, 1.54) is 0 Å². The molecule has 24 heavy (non-hydrogen) atoms. The fourth-order valence-corrected chi connectivity index (χ4v) is 6.27. The maximum atomic E-state index is 10.8. The van der Waals surface area contributed by atoms with Crippen LogP contribution in [0.1, 0.15) is 64.5 Å². The van der Waals surface area contributed by atoms with Gasteiger partial charge in [0.25, 0.3) is 0 Å². The third-order valence-corrected chi connectivity index (χ3v) is 8.18. The van der Waals surface area contributed by atoms with Crippen LogP contribution >= 0.6 is 0 Å². The van der Waals surface area contributed by atoms with E-state index in [0.29, 0.717) is 24.9 Å². The number of aliphatic hydroxyl groups is 2. The summed E-state index contributed by atoms with van der Waals surface area (Å²) in [6.07, 6.45) is 7.12. The van der Waals surface area contributed by atoms with Crippen LogP contribution in [0.5, 0.6) is 0 Å². The first-order valence-corrected chi connectivity index (χ1v) is 9.36. The van der Waals surface area contributed by atoms with Gasteiger partial charge in [-0.3, -0.25) is 0 Å². The Hall–Kier alpha value is -0.840. The highest BCUT2D eigenvalue weighted by Crippen LogP contribution is 2.68. The third-order valence-electron chi connectivity index (χ3n) is 8.18. The summed E-state index contributed by atoms with van der Waals surface area (Å²) in [5.41, 5.74) is 0.350. The average molecular weight is 334 g/mol. The average Bonchev–Trinajstić information content (AvgIpc) is 3.08. The van der Waals surface area contributed by atoms with Gasteiger partial charge < -0.3 is 19.4 Å². The van der Waals surface area contributed by atoms with Crippen LogP contribution < -0.4 is 0 Å². The topological polar surface area (TPSA) is 62.8 Å². The summed E-state index contributed by atoms with van der Waals surface area (Å²) in [6.45, 7) is 7.37. The Labute approximate surface area is 144 Å². The van der Waals surface area contributed by atoms with E-state index >= 15 is 0 Å². The van der Waals surface area contributed by atoms with Gasteiger partial charge in [0.2, 0.25) is 0 Å². The molecule has 1 aliphatic heterocycles. The SMILES string of the molecule is CC1CCC2(C)C3CCC(O)C2(C)OCC13CC(O)c1ccoc1. The monoisotopic (exact) mass is 334 g/mol. The standard InChI is InChI=1S/C20H30O4/c1-13-6-8-18(2)16-4-5-17(22)19(18,3)24-12-20(13,16)10-15(21)14-7-9-23-11-14/h7,9,11,13,15-17,21-22H,4-6,8,10,12H2,1-3H3. The molecule has 0 radical (unpaired) electrons. The van der Waals surface area contributed by atoms with Crippen molar-refractivity contribution in [1.82, 2.24) is 0 Å². The van der Waals surface area contributed by atoms with Gasteiger partial charge >= 0.3 is 0 Å². The first kappa shape index (κ1) is 16.6. The highest BCUT2D eigenvalue weighted by molar-refractivity contribution is 5.19. The molecule has 2 aliphatic carbocycles. The minimum atomic E-state index is -0.520. The molecular formula is C20H30O4. The van der Waals surface area contributed by atoms with Crippen LogP contribution in [-0.4, -0.2) is 28.5 Å². The van der Waals surface area contributed by atoms with Crippen LogP contribution in [0.15, 0.2) is 23.0 Å². The van der Waals surface area contributed by atoms with Crippen LogP contribution in [0, 0.1) is 22.7 Å². The molecule has 1 aromatic heterocycles. The van der Waals surface area contributed by atoms with Gasteiger partial charge in [-0.15, -0.1) is 0 Å². The van der Waals surface area contributed by atoms with Crippen molar-refractivity contribution < 1.29 is 19.4 Å². The van der Waals surface area contributed by atoms with Crippen LogP contribution in [0.2, 0.25) is 0 Å². The second kappa shape index (κ2) is 5.33. The second-order valence-corrected chi connectivity index (χ2v) is 8.91. The van der Waals surface area contributed by atoms with Gasteiger partial charge in [0.1, 0.15) is 0 Å². The van der Waals surface area contributed by atoms with E-state index < -0.39 is 11.7 Å². The lowest BCUT2D eigenvalue weighted by Gasteiger charge is -2.70. The molecule has 3 aliphatic rings. The van der Waals surface area contributed by atoms with Gasteiger partial charge in [-0.1, -0.05) is 13.8 Å². The largest absolute Gasteiger partial charge is 0.472 e. The molecule has 4 rings (SSSR count). The number of hydrogen-bond donors (Lipinski definition) is 2. The minimum absolute atomic E-state index is 0.0223. The van der Waals surface area contributed by atoms with Crippen LogP contribution in [0.25, 0.3) is 0 Å². The zero-order valence-corrected chi connectivity index (χ0v) is 15.0. The highest BCUT2D eigenvalue weighted by atomic mass is 16.5. The molecule has 7 unspecified atom stereocenters. The molecule has 0 amide bonds. The maximum absolute atomic E-state index is 10.8. The fraction of sp³-hybridized carbons (Fsp3) is 0.800. The Balaban J connectivity index is 1.71. The Bertz CT molecular complexity index is 599. The van der Waals surface area contributed by atoms with Crippen molar-refractivity contribution in [3.63, 3.8) is 0 Å². The Kier molecular flexibility index (Phi) is 3.69. The number of rotatable bonds is 3. The van der Waals surface area contributed by atoms with Crippen molar-refractivity contribution in [3.8, 4) is 0 Å². The summed E-state index contributed by atoms with van der Waals surface area (Å²) in [5.74, 6) is 0.995. The molecule has 134 valence electrons. The quantitative estimate of drug-likeness (QED) is 0.885. The van der Waals surface area contributed by atoms with Gasteiger partial charge in [0, 0.05) is 16.4 Å². The predicted octanol–water partition coefficient (Wildman–Crippen LogP) is 3.69. The molecule has 4 nitrogen and oxygen atoms in total. The number of hydrogen-bond acceptors (Lipinski definition) is 4. The van der Waals surface area contributed by atoms with E-state index in [4.69, 9.17) is 9.15 Å². The van der Waals surface area contributed by atoms with Gasteiger partial charge in [0.15, 0.2) is 0 Å². The van der Waals surface area contributed by atoms with Crippen molar-refractivity contribution in [2.75, 3.05) is 6.61 Å². The maximum Gasteiger partial charge on any atom is 0.0968 e. The lowest BCUT2D eigenvalue weighted by molar-refractivity contribution is -0.325. The van der Waals surface area contributed by atoms with E-state index in [2.05, 4.69) is 20.8 Å². The summed E-state index contributed by atoms with van der Waals surface area (Å²) >= 11 is 0. The van der Waals surface area contributed by atoms with Gasteiger partial charge in [-0.2, -0.15) is 0 Å². The Morgan fingerprint density at radius 1 is 1.29 bits per heavy atom. The second-order valence-electron chi connectivity index (χ2n) is 8.91. The molecule has 1 saturated heterocycles. The van der Waals surface area contributed by atoms with E-state index in [-0.39, 0.29) is 16.9 Å². The van der Waals surface area contributed by atoms with Crippen LogP contribution in [0.3, 0.4) is 0 Å². The number of aliphatic hydroxyl groups excluding tert-OH is 2. The lowest BCUT2D eigenvalue weighted by Crippen LogP contribution is -2.72. The summed E-state index contributed by atoms with van der Waals surface area (Å²) in [5, 5.41) is 21.5. The van der Waals surface area contributed by atoms with E-state index in [9.17, 15) is 10.2 Å².